The van der Waals surface area contributed by atoms with Gasteiger partial charge < -0.3 is 10.1 Å². The summed E-state index contributed by atoms with van der Waals surface area (Å²) in [5.74, 6) is 0.715. The zero-order chi connectivity index (χ0) is 11.4. The zero-order valence-electron chi connectivity index (χ0n) is 8.73. The Bertz CT molecular complexity index is 470. The summed E-state index contributed by atoms with van der Waals surface area (Å²) in [6.45, 7) is 0.545. The largest absolute Gasteiger partial charge is 0.489 e. The van der Waals surface area contributed by atoms with E-state index in [0.29, 0.717) is 24.3 Å². The number of nitriles is 2. The second kappa shape index (κ2) is 4.55. The van der Waals surface area contributed by atoms with E-state index in [0.717, 1.165) is 12.1 Å². The SMILES string of the molecule is N#CCCC1COc2cc(C#N)ccc2N1. The fourth-order valence-electron chi connectivity index (χ4n) is 1.68. The van der Waals surface area contributed by atoms with Gasteiger partial charge in [0.15, 0.2) is 0 Å². The van der Waals surface area contributed by atoms with Crippen LogP contribution < -0.4 is 10.1 Å². The molecule has 2 rings (SSSR count). The lowest BCUT2D eigenvalue weighted by Crippen LogP contribution is -2.31. The van der Waals surface area contributed by atoms with E-state index < -0.39 is 0 Å². The van der Waals surface area contributed by atoms with Crippen molar-refractivity contribution < 1.29 is 4.74 Å². The Morgan fingerprint density at radius 2 is 2.31 bits per heavy atom. The lowest BCUT2D eigenvalue weighted by molar-refractivity contribution is 0.279. The maximum atomic E-state index is 8.75. The van der Waals surface area contributed by atoms with Crippen LogP contribution in [0.25, 0.3) is 0 Å². The number of hydrogen-bond donors (Lipinski definition) is 1. The first-order valence-electron chi connectivity index (χ1n) is 5.14. The minimum Gasteiger partial charge on any atom is -0.489 e. The quantitative estimate of drug-likeness (QED) is 0.816. The molecule has 16 heavy (non-hydrogen) atoms. The summed E-state index contributed by atoms with van der Waals surface area (Å²) in [7, 11) is 0. The summed E-state index contributed by atoms with van der Waals surface area (Å²) in [5, 5.41) is 20.5. The molecule has 1 aromatic carbocycles. The summed E-state index contributed by atoms with van der Waals surface area (Å²) in [5.41, 5.74) is 1.49. The van der Waals surface area contributed by atoms with Gasteiger partial charge in [-0.15, -0.1) is 0 Å². The molecule has 0 saturated heterocycles. The summed E-state index contributed by atoms with van der Waals surface area (Å²) < 4.78 is 5.55. The van der Waals surface area contributed by atoms with E-state index in [4.69, 9.17) is 15.3 Å². The molecule has 0 aliphatic carbocycles. The Hall–Kier alpha value is -2.20. The van der Waals surface area contributed by atoms with Crippen LogP contribution in [0.4, 0.5) is 5.69 Å². The molecule has 4 nitrogen and oxygen atoms in total. The van der Waals surface area contributed by atoms with Crippen molar-refractivity contribution in [2.45, 2.75) is 18.9 Å². The van der Waals surface area contributed by atoms with Crippen molar-refractivity contribution in [3.63, 3.8) is 0 Å². The van der Waals surface area contributed by atoms with Crippen LogP contribution in [0.3, 0.4) is 0 Å². The van der Waals surface area contributed by atoms with Gasteiger partial charge in [0.1, 0.15) is 12.4 Å². The monoisotopic (exact) mass is 213 g/mol. The third-order valence-corrected chi connectivity index (χ3v) is 2.51. The van der Waals surface area contributed by atoms with Crippen LogP contribution in [-0.2, 0) is 0 Å². The van der Waals surface area contributed by atoms with E-state index >= 15 is 0 Å². The zero-order valence-corrected chi connectivity index (χ0v) is 8.73. The molecule has 0 aromatic heterocycles. The molecule has 1 unspecified atom stereocenters. The Balaban J connectivity index is 2.11. The van der Waals surface area contributed by atoms with Crippen LogP contribution in [0.2, 0.25) is 0 Å². The third kappa shape index (κ3) is 2.07. The van der Waals surface area contributed by atoms with Gasteiger partial charge in [-0.25, -0.2) is 0 Å². The average molecular weight is 213 g/mol. The van der Waals surface area contributed by atoms with Crippen LogP contribution in [0, 0.1) is 22.7 Å². The van der Waals surface area contributed by atoms with Gasteiger partial charge in [-0.2, -0.15) is 10.5 Å². The van der Waals surface area contributed by atoms with Gasteiger partial charge in [-0.05, 0) is 18.6 Å². The molecular formula is C12H11N3O. The number of ether oxygens (including phenoxy) is 1. The number of benzene rings is 1. The molecule has 1 N–H and O–H groups in total. The van der Waals surface area contributed by atoms with Crippen LogP contribution in [0.5, 0.6) is 5.75 Å². The molecule has 0 bridgehead atoms. The van der Waals surface area contributed by atoms with Crippen LogP contribution in [-0.4, -0.2) is 12.6 Å². The molecule has 0 amide bonds. The predicted octanol–water partition coefficient (Wildman–Crippen LogP) is 2.03. The maximum Gasteiger partial charge on any atom is 0.143 e. The lowest BCUT2D eigenvalue weighted by atomic mass is 10.1. The lowest BCUT2D eigenvalue weighted by Gasteiger charge is -2.26. The van der Waals surface area contributed by atoms with E-state index in [-0.39, 0.29) is 6.04 Å². The van der Waals surface area contributed by atoms with Crippen molar-refractivity contribution in [1.82, 2.24) is 0 Å². The van der Waals surface area contributed by atoms with Gasteiger partial charge in [-0.1, -0.05) is 0 Å². The molecule has 0 fully saturated rings. The second-order valence-electron chi connectivity index (χ2n) is 3.67. The Morgan fingerprint density at radius 3 is 3.06 bits per heavy atom. The number of hydrogen-bond acceptors (Lipinski definition) is 4. The van der Waals surface area contributed by atoms with E-state index in [1.807, 2.05) is 6.07 Å². The van der Waals surface area contributed by atoms with Crippen molar-refractivity contribution >= 4 is 5.69 Å². The van der Waals surface area contributed by atoms with E-state index in [9.17, 15) is 0 Å². The molecule has 0 radical (unpaired) electrons. The second-order valence-corrected chi connectivity index (χ2v) is 3.67. The Labute approximate surface area is 94.1 Å². The molecule has 0 spiro atoms. The third-order valence-electron chi connectivity index (χ3n) is 2.51. The number of rotatable bonds is 2. The standard InChI is InChI=1S/C12H11N3O/c13-5-1-2-10-8-16-12-6-9(7-14)3-4-11(12)15-10/h3-4,6,10,15H,1-2,8H2. The smallest absolute Gasteiger partial charge is 0.143 e. The molecular weight excluding hydrogens is 202 g/mol. The van der Waals surface area contributed by atoms with Crippen LogP contribution in [0.15, 0.2) is 18.2 Å². The summed E-state index contributed by atoms with van der Waals surface area (Å²) in [6, 6.07) is 9.69. The molecule has 1 aliphatic rings. The Morgan fingerprint density at radius 1 is 1.44 bits per heavy atom. The molecule has 80 valence electrons. The van der Waals surface area contributed by atoms with Crippen LogP contribution >= 0.6 is 0 Å². The average Bonchev–Trinajstić information content (AvgIpc) is 2.35. The molecule has 1 heterocycles. The molecule has 0 saturated carbocycles. The van der Waals surface area contributed by atoms with Crippen molar-refractivity contribution in [2.24, 2.45) is 0 Å². The molecule has 4 heteroatoms. The minimum atomic E-state index is 0.181. The van der Waals surface area contributed by atoms with Crippen molar-refractivity contribution in [3.8, 4) is 17.9 Å². The first-order valence-corrected chi connectivity index (χ1v) is 5.14. The van der Waals surface area contributed by atoms with E-state index in [2.05, 4.69) is 17.5 Å². The van der Waals surface area contributed by atoms with Gasteiger partial charge in [0.2, 0.25) is 0 Å². The number of fused-ring (bicyclic) bond motifs is 1. The first-order chi connectivity index (χ1) is 7.83. The highest BCUT2D eigenvalue weighted by Gasteiger charge is 2.18. The normalized spacial score (nSPS) is 17.2. The number of nitrogens with zero attached hydrogens (tertiary/aromatic N) is 2. The van der Waals surface area contributed by atoms with Gasteiger partial charge >= 0.3 is 0 Å². The maximum absolute atomic E-state index is 8.75. The van der Waals surface area contributed by atoms with Gasteiger partial charge in [0.05, 0.1) is 29.4 Å². The highest BCUT2D eigenvalue weighted by molar-refractivity contribution is 5.61. The molecule has 1 aromatic rings. The first kappa shape index (κ1) is 10.3. The Kier molecular flexibility index (Phi) is 2.93. The van der Waals surface area contributed by atoms with Gasteiger partial charge in [0, 0.05) is 12.5 Å². The summed E-state index contributed by atoms with van der Waals surface area (Å²) >= 11 is 0. The fourth-order valence-corrected chi connectivity index (χ4v) is 1.68. The van der Waals surface area contributed by atoms with Crippen molar-refractivity contribution in [3.05, 3.63) is 23.8 Å². The topological polar surface area (TPSA) is 68.8 Å². The van der Waals surface area contributed by atoms with Crippen LogP contribution in [0.1, 0.15) is 18.4 Å². The van der Waals surface area contributed by atoms with Gasteiger partial charge in [0.25, 0.3) is 0 Å². The fraction of sp³-hybridized carbons (Fsp3) is 0.333. The summed E-state index contributed by atoms with van der Waals surface area (Å²) in [4.78, 5) is 0. The van der Waals surface area contributed by atoms with Crippen molar-refractivity contribution in [1.29, 1.82) is 10.5 Å². The highest BCUT2D eigenvalue weighted by Crippen LogP contribution is 2.30. The predicted molar refractivity (Wildman–Crippen MR) is 58.9 cm³/mol. The van der Waals surface area contributed by atoms with Crippen molar-refractivity contribution in [2.75, 3.05) is 11.9 Å². The molecule has 1 atom stereocenters. The number of nitrogens with one attached hydrogen (secondary N) is 1. The van der Waals surface area contributed by atoms with Gasteiger partial charge in [-0.3, -0.25) is 0 Å². The minimum absolute atomic E-state index is 0.181. The van der Waals surface area contributed by atoms with E-state index in [1.54, 1.807) is 12.1 Å². The molecule has 1 aliphatic heterocycles. The highest BCUT2D eigenvalue weighted by atomic mass is 16.5. The summed E-state index contributed by atoms with van der Waals surface area (Å²) in [6.07, 6.45) is 1.29. The van der Waals surface area contributed by atoms with E-state index in [1.165, 1.54) is 0 Å². The number of anilines is 1.